The van der Waals surface area contributed by atoms with E-state index in [1.165, 1.54) is 22.3 Å². The first-order valence-electron chi connectivity index (χ1n) is 34.8. The Bertz CT molecular complexity index is 4570. The maximum Gasteiger partial charge on any atom is 0.312 e. The van der Waals surface area contributed by atoms with Gasteiger partial charge in [-0.25, -0.2) is 25.6 Å². The number of nitrogens with two attached hydrogens (primary N) is 1. The van der Waals surface area contributed by atoms with Gasteiger partial charge in [0, 0.05) is 50.3 Å². The minimum absolute atomic E-state index is 0.241. The van der Waals surface area contributed by atoms with Gasteiger partial charge in [-0.15, -0.1) is 0 Å². The molecule has 17 rings (SSSR count). The third-order valence-electron chi connectivity index (χ3n) is 20.7. The number of quaternary nitrogens is 1. The molecule has 8 aromatic rings. The third kappa shape index (κ3) is 12.3. The molecule has 9 aliphatic rings. The molecule has 4 saturated heterocycles. The van der Waals surface area contributed by atoms with Crippen LogP contribution in [0.25, 0.3) is 11.6 Å². The molecule has 0 unspecified atom stereocenters. The molecule has 8 aromatic carbocycles. The molecule has 0 spiro atoms. The number of nitrogens with one attached hydrogen (secondary N) is 4. The normalized spacial score (nSPS) is 21.2. The predicted octanol–water partition coefficient (Wildman–Crippen LogP) is 4.03. The van der Waals surface area contributed by atoms with Crippen molar-refractivity contribution in [1.29, 1.82) is 0 Å². The van der Waals surface area contributed by atoms with E-state index in [1.54, 1.807) is 0 Å². The molecular weight excluding hydrogens is 1190 g/mol. The molecule has 0 aliphatic carbocycles. The molecule has 0 aromatic heterocycles. The third-order valence-corrected chi connectivity index (χ3v) is 20.7. The smallest absolute Gasteiger partial charge is 0.312 e. The molecule has 8 bridgehead atoms. The maximum absolute atomic E-state index is 7.14. The zero-order valence-electron chi connectivity index (χ0n) is 54.3. The van der Waals surface area contributed by atoms with Crippen molar-refractivity contribution in [3.05, 3.63) is 260 Å². The van der Waals surface area contributed by atoms with Crippen LogP contribution in [0.3, 0.4) is 0 Å². The van der Waals surface area contributed by atoms with E-state index < -0.39 is 0 Å². The quantitative estimate of drug-likeness (QED) is 0.0761. The zero-order chi connectivity index (χ0) is 63.7. The number of amidine groups is 6. The van der Waals surface area contributed by atoms with Crippen molar-refractivity contribution in [2.24, 2.45) is 15.0 Å². The summed E-state index contributed by atoms with van der Waals surface area (Å²) >= 11 is 0. The SMILES string of the molecule is c1ccc(CN2CCC[C@H]2COc2cccc3c2C2=NC4=c5cccc(OC[C@@H]6CCCN6Cc6ccccc6)c5=C(NC5=[NH+]C(=NC6=[NH+]C(=NC3=[NH+]2)c2c(OC[C@@H]3CCCN3Cc3ccccc3)cccc26)c2c(OC[C@@H]3CCCN3Cc3ccccc3)cccc25)[NH2+]4)cc1. The Morgan fingerprint density at radius 3 is 1.16 bits per heavy atom. The number of hydrogen-bond donors (Lipinski definition) is 5. The van der Waals surface area contributed by atoms with Crippen LogP contribution < -0.4 is 55.0 Å². The minimum atomic E-state index is 0.241. The summed E-state index contributed by atoms with van der Waals surface area (Å²) in [5.41, 5.74) is 10.5. The van der Waals surface area contributed by atoms with Crippen LogP contribution in [0, 0.1) is 0 Å². The number of rotatable bonds is 20. The summed E-state index contributed by atoms with van der Waals surface area (Å²) < 4.78 is 28.5. The summed E-state index contributed by atoms with van der Waals surface area (Å²) in [6.07, 6.45) is 8.73. The van der Waals surface area contributed by atoms with Crippen LogP contribution in [0.2, 0.25) is 0 Å². The van der Waals surface area contributed by atoms with E-state index in [9.17, 15) is 0 Å². The molecule has 0 saturated carbocycles. The van der Waals surface area contributed by atoms with Crippen LogP contribution in [0.15, 0.2) is 209 Å². The Kier molecular flexibility index (Phi) is 16.8. The van der Waals surface area contributed by atoms with E-state index in [0.29, 0.717) is 55.6 Å². The fourth-order valence-electron chi connectivity index (χ4n) is 15.8. The number of fused-ring (bicyclic) bond motifs is 15. The molecule has 6 N–H and O–H groups in total. The van der Waals surface area contributed by atoms with Crippen LogP contribution in [-0.2, 0) is 26.2 Å². The van der Waals surface area contributed by atoms with Gasteiger partial charge in [-0.1, -0.05) is 156 Å². The lowest BCUT2D eigenvalue weighted by Crippen LogP contribution is -2.84. The molecule has 0 radical (unpaired) electrons. The first-order chi connectivity index (χ1) is 47.5. The number of nitrogens with zero attached hydrogens (tertiary/aromatic N) is 7. The van der Waals surface area contributed by atoms with E-state index in [-0.39, 0.29) is 24.2 Å². The van der Waals surface area contributed by atoms with Crippen molar-refractivity contribution in [1.82, 2.24) is 24.9 Å². The lowest BCUT2D eigenvalue weighted by molar-refractivity contribution is -0.469. The van der Waals surface area contributed by atoms with E-state index >= 15 is 0 Å². The lowest BCUT2D eigenvalue weighted by Gasteiger charge is -2.25. The molecule has 9 heterocycles. The maximum atomic E-state index is 7.14. The van der Waals surface area contributed by atoms with Gasteiger partial charge >= 0.3 is 5.82 Å². The van der Waals surface area contributed by atoms with E-state index in [0.717, 1.165) is 188 Å². The summed E-state index contributed by atoms with van der Waals surface area (Å²) in [5, 5.41) is 8.04. The first-order valence-corrected chi connectivity index (χ1v) is 34.8. The highest BCUT2D eigenvalue weighted by Gasteiger charge is 2.42. The van der Waals surface area contributed by atoms with Crippen molar-refractivity contribution in [3.8, 4) is 23.0 Å². The summed E-state index contributed by atoms with van der Waals surface area (Å²) in [6, 6.07) is 69.4. The molecule has 4 fully saturated rings. The zero-order valence-corrected chi connectivity index (χ0v) is 54.3. The van der Waals surface area contributed by atoms with Crippen LogP contribution in [0.1, 0.15) is 107 Å². The second kappa shape index (κ2) is 26.8. The molecule has 16 heteroatoms. The molecule has 4 atom stereocenters. The van der Waals surface area contributed by atoms with Crippen LogP contribution >= 0.6 is 0 Å². The average Bonchev–Trinajstić information content (AvgIpc) is 1.59. The molecule has 96 heavy (non-hydrogen) atoms. The molecular formula is C80H82N12O4+4. The summed E-state index contributed by atoms with van der Waals surface area (Å²) in [7, 11) is 0. The molecule has 482 valence electrons. The Hall–Kier alpha value is -9.68. The standard InChI is InChI=1S/C80H78N12O4/c1-5-21-53(22-6-1)45-89-41-17-29-57(89)49-93-65-37-13-33-61-69(65)77-81-73(61)86-78-71-63(35-15-39-67(71)95-51-59-31-19-43-91(59)47-55-25-9-3-10-26-55)75(83-78)88-80-72-64(36-16-40-68(72)96-52-60-32-20-44-92(60)48-56-27-11-4-12-28-56)76(84-80)87-79-70-62(74(82-79)85-77)34-14-38-66(70)94-50-58-30-18-42-90(58)46-54-23-7-2-8-24-54/h1-16,21-28,33-40,57-60H,17-20,29-32,41-52H2,(H2,81,82,83,84,85,86,87,88)/p+4/t57-,58-,59-,60-/m0/s1. The highest BCUT2D eigenvalue weighted by molar-refractivity contribution is 6.24. The van der Waals surface area contributed by atoms with Crippen LogP contribution in [-0.4, -0.2) is 131 Å². The Labute approximate surface area is 560 Å². The van der Waals surface area contributed by atoms with Gasteiger partial charge in [-0.3, -0.25) is 19.6 Å². The summed E-state index contributed by atoms with van der Waals surface area (Å²) in [4.78, 5) is 38.9. The summed E-state index contributed by atoms with van der Waals surface area (Å²) in [5.74, 6) is 8.56. The van der Waals surface area contributed by atoms with Gasteiger partial charge in [0.05, 0.1) is 21.9 Å². The number of ether oxygens (including phenoxy) is 4. The van der Waals surface area contributed by atoms with Crippen molar-refractivity contribution in [3.63, 3.8) is 0 Å². The number of aliphatic imine (C=N–C) groups is 3. The molecule has 0 amide bonds. The number of likely N-dealkylation sites (tertiary alicyclic amines) is 4. The topological polar surface area (TPSA) is 158 Å². The highest BCUT2D eigenvalue weighted by atomic mass is 16.5. The second-order valence-electron chi connectivity index (χ2n) is 26.9. The highest BCUT2D eigenvalue weighted by Crippen LogP contribution is 2.33. The first kappa shape index (κ1) is 60.0. The van der Waals surface area contributed by atoms with Crippen molar-refractivity contribution < 1.29 is 39.2 Å². The fraction of sp³-hybridized carbons (Fsp3) is 0.300. The van der Waals surface area contributed by atoms with Crippen molar-refractivity contribution in [2.45, 2.75) is 102 Å². The Morgan fingerprint density at radius 1 is 0.375 bits per heavy atom. The lowest BCUT2D eigenvalue weighted by atomic mass is 10.1. The Balaban J connectivity index is 0.788. The van der Waals surface area contributed by atoms with E-state index in [4.69, 9.17) is 33.9 Å². The van der Waals surface area contributed by atoms with Gasteiger partial charge in [-0.05, 0) is 153 Å². The monoisotopic (exact) mass is 1270 g/mol. The molecule has 9 aliphatic heterocycles. The van der Waals surface area contributed by atoms with Gasteiger partial charge in [0.2, 0.25) is 5.84 Å². The van der Waals surface area contributed by atoms with E-state index in [1.807, 2.05) is 0 Å². The van der Waals surface area contributed by atoms with Crippen molar-refractivity contribution in [2.75, 3.05) is 52.6 Å². The van der Waals surface area contributed by atoms with Gasteiger partial charge in [0.15, 0.2) is 0 Å². The summed E-state index contributed by atoms with van der Waals surface area (Å²) in [6.45, 7) is 9.78. The van der Waals surface area contributed by atoms with Crippen LogP contribution in [0.5, 0.6) is 23.0 Å². The van der Waals surface area contributed by atoms with E-state index in [2.05, 4.69) is 239 Å². The average molecular weight is 1280 g/mol. The second-order valence-corrected chi connectivity index (χ2v) is 26.9. The van der Waals surface area contributed by atoms with Crippen LogP contribution in [0.4, 0.5) is 0 Å². The predicted molar refractivity (Wildman–Crippen MR) is 373 cm³/mol. The number of benzene rings is 8. The van der Waals surface area contributed by atoms with Gasteiger partial charge < -0.3 is 18.9 Å². The Morgan fingerprint density at radius 2 is 0.729 bits per heavy atom. The number of hydrogen-bond acceptors (Lipinski definition) is 12. The van der Waals surface area contributed by atoms with Crippen molar-refractivity contribution >= 4 is 46.7 Å². The van der Waals surface area contributed by atoms with Gasteiger partial charge in [0.25, 0.3) is 35.0 Å². The van der Waals surface area contributed by atoms with Gasteiger partial charge in [-0.2, -0.15) is 0 Å². The van der Waals surface area contributed by atoms with Gasteiger partial charge in [0.1, 0.15) is 71.3 Å². The largest absolute Gasteiger partial charge is 0.491 e. The minimum Gasteiger partial charge on any atom is -0.491 e. The fourth-order valence-corrected chi connectivity index (χ4v) is 15.8. The molecule has 16 nitrogen and oxygen atoms in total.